The van der Waals surface area contributed by atoms with Crippen LogP contribution in [0.3, 0.4) is 0 Å². The Labute approximate surface area is 111 Å². The minimum absolute atomic E-state index is 0.561. The largest absolute Gasteiger partial charge is 0.363 e. The number of fused-ring (bicyclic) bond motifs is 1. The Kier molecular flexibility index (Phi) is 2.91. The summed E-state index contributed by atoms with van der Waals surface area (Å²) in [5.41, 5.74) is 4.33. The van der Waals surface area contributed by atoms with E-state index in [2.05, 4.69) is 47.5 Å². The van der Waals surface area contributed by atoms with Crippen LogP contribution in [0.15, 0.2) is 41.1 Å². The highest BCUT2D eigenvalue weighted by molar-refractivity contribution is 5.85. The molecule has 0 spiro atoms. The standard InChI is InChI=1S/C15H15N3O/c1-10-6-11(2)8-12(7-10)9-17-14-13-4-3-5-16-15(13)19-18-14/h3-8H,9H2,1-2H3,(H,17,18). The Balaban J connectivity index is 1.82. The molecule has 0 saturated carbocycles. The van der Waals surface area contributed by atoms with Crippen LogP contribution in [0.25, 0.3) is 11.1 Å². The van der Waals surface area contributed by atoms with Crippen LogP contribution in [0.1, 0.15) is 16.7 Å². The van der Waals surface area contributed by atoms with Crippen LogP contribution >= 0.6 is 0 Å². The summed E-state index contributed by atoms with van der Waals surface area (Å²) in [5, 5.41) is 8.21. The lowest BCUT2D eigenvalue weighted by Gasteiger charge is -2.06. The van der Waals surface area contributed by atoms with Gasteiger partial charge in [-0.25, -0.2) is 4.98 Å². The van der Waals surface area contributed by atoms with Crippen LogP contribution in [-0.4, -0.2) is 10.1 Å². The highest BCUT2D eigenvalue weighted by Gasteiger charge is 2.07. The van der Waals surface area contributed by atoms with E-state index in [-0.39, 0.29) is 0 Å². The first kappa shape index (κ1) is 11.7. The Morgan fingerprint density at radius 2 is 1.95 bits per heavy atom. The van der Waals surface area contributed by atoms with Crippen LogP contribution in [0.4, 0.5) is 5.82 Å². The lowest BCUT2D eigenvalue weighted by molar-refractivity contribution is 0.451. The summed E-state index contributed by atoms with van der Waals surface area (Å²) in [5.74, 6) is 0.738. The van der Waals surface area contributed by atoms with Gasteiger partial charge in [-0.1, -0.05) is 34.5 Å². The molecular weight excluding hydrogens is 238 g/mol. The quantitative estimate of drug-likeness (QED) is 0.776. The van der Waals surface area contributed by atoms with Crippen molar-refractivity contribution >= 4 is 16.9 Å². The van der Waals surface area contributed by atoms with Crippen molar-refractivity contribution in [1.29, 1.82) is 0 Å². The van der Waals surface area contributed by atoms with E-state index in [1.54, 1.807) is 6.20 Å². The van der Waals surface area contributed by atoms with Gasteiger partial charge in [0.25, 0.3) is 5.71 Å². The molecule has 96 valence electrons. The van der Waals surface area contributed by atoms with E-state index in [1.807, 2.05) is 12.1 Å². The van der Waals surface area contributed by atoms with Crippen molar-refractivity contribution in [2.45, 2.75) is 20.4 Å². The summed E-state index contributed by atoms with van der Waals surface area (Å²) >= 11 is 0. The Morgan fingerprint density at radius 1 is 1.16 bits per heavy atom. The first-order chi connectivity index (χ1) is 9.22. The molecule has 0 unspecified atom stereocenters. The van der Waals surface area contributed by atoms with Crippen molar-refractivity contribution in [3.63, 3.8) is 0 Å². The molecule has 0 fully saturated rings. The van der Waals surface area contributed by atoms with Gasteiger partial charge in [0, 0.05) is 12.7 Å². The molecular formula is C15H15N3O. The van der Waals surface area contributed by atoms with Gasteiger partial charge in [-0.3, -0.25) is 0 Å². The molecule has 3 rings (SSSR count). The van der Waals surface area contributed by atoms with E-state index >= 15 is 0 Å². The number of nitrogens with one attached hydrogen (secondary N) is 1. The molecule has 0 bridgehead atoms. The van der Waals surface area contributed by atoms with Crippen LogP contribution in [-0.2, 0) is 6.54 Å². The summed E-state index contributed by atoms with van der Waals surface area (Å²) in [7, 11) is 0. The molecule has 2 aromatic heterocycles. The predicted molar refractivity (Wildman–Crippen MR) is 75.0 cm³/mol. The smallest absolute Gasteiger partial charge is 0.259 e. The van der Waals surface area contributed by atoms with Crippen LogP contribution in [0, 0.1) is 13.8 Å². The van der Waals surface area contributed by atoms with Crippen molar-refractivity contribution in [3.05, 3.63) is 53.2 Å². The van der Waals surface area contributed by atoms with E-state index in [0.29, 0.717) is 5.71 Å². The normalized spacial score (nSPS) is 10.8. The van der Waals surface area contributed by atoms with E-state index < -0.39 is 0 Å². The number of anilines is 1. The second kappa shape index (κ2) is 4.72. The maximum absolute atomic E-state index is 5.16. The summed E-state index contributed by atoms with van der Waals surface area (Å²) in [6.07, 6.45) is 1.70. The molecule has 0 aliphatic carbocycles. The highest BCUT2D eigenvalue weighted by atomic mass is 16.5. The highest BCUT2D eigenvalue weighted by Crippen LogP contribution is 2.21. The van der Waals surface area contributed by atoms with Gasteiger partial charge in [-0.15, -0.1) is 0 Å². The van der Waals surface area contributed by atoms with Gasteiger partial charge in [0.1, 0.15) is 0 Å². The molecule has 0 atom stereocenters. The third-order valence-corrected chi connectivity index (χ3v) is 2.99. The average Bonchev–Trinajstić information content (AvgIpc) is 2.78. The molecule has 0 saturated heterocycles. The van der Waals surface area contributed by atoms with Gasteiger partial charge in [-0.2, -0.15) is 0 Å². The third kappa shape index (κ3) is 2.42. The van der Waals surface area contributed by atoms with Gasteiger partial charge < -0.3 is 9.84 Å². The Morgan fingerprint density at radius 3 is 2.74 bits per heavy atom. The molecule has 1 N–H and O–H groups in total. The fourth-order valence-electron chi connectivity index (χ4n) is 2.27. The molecule has 3 aromatic rings. The molecule has 2 heterocycles. The van der Waals surface area contributed by atoms with Crippen LogP contribution < -0.4 is 5.32 Å². The molecule has 1 aromatic carbocycles. The monoisotopic (exact) mass is 253 g/mol. The molecule has 4 heteroatoms. The fourth-order valence-corrected chi connectivity index (χ4v) is 2.27. The fraction of sp³-hybridized carbons (Fsp3) is 0.200. The minimum atomic E-state index is 0.561. The second-order valence-electron chi connectivity index (χ2n) is 4.74. The van der Waals surface area contributed by atoms with Crippen molar-refractivity contribution in [1.82, 2.24) is 10.1 Å². The first-order valence-electron chi connectivity index (χ1n) is 6.24. The number of aryl methyl sites for hydroxylation is 2. The van der Waals surface area contributed by atoms with Gasteiger partial charge in [0.15, 0.2) is 5.82 Å². The first-order valence-corrected chi connectivity index (χ1v) is 6.24. The molecule has 19 heavy (non-hydrogen) atoms. The number of hydrogen-bond donors (Lipinski definition) is 1. The number of pyridine rings is 1. The molecule has 0 aliphatic heterocycles. The van der Waals surface area contributed by atoms with Gasteiger partial charge in [0.05, 0.1) is 5.39 Å². The maximum atomic E-state index is 5.16. The molecule has 0 aliphatic rings. The minimum Gasteiger partial charge on any atom is -0.363 e. The molecule has 4 nitrogen and oxygen atoms in total. The van der Waals surface area contributed by atoms with E-state index in [0.717, 1.165) is 17.7 Å². The number of aromatic nitrogens is 2. The summed E-state index contributed by atoms with van der Waals surface area (Å²) in [6.45, 7) is 4.93. The zero-order valence-corrected chi connectivity index (χ0v) is 11.0. The van der Waals surface area contributed by atoms with Crippen molar-refractivity contribution < 1.29 is 4.52 Å². The zero-order valence-electron chi connectivity index (χ0n) is 11.0. The summed E-state index contributed by atoms with van der Waals surface area (Å²) in [4.78, 5) is 4.12. The maximum Gasteiger partial charge on any atom is 0.259 e. The topological polar surface area (TPSA) is 51.0 Å². The Bertz CT molecular complexity index is 698. The summed E-state index contributed by atoms with van der Waals surface area (Å²) < 4.78 is 5.16. The van der Waals surface area contributed by atoms with Crippen LogP contribution in [0.5, 0.6) is 0 Å². The lowest BCUT2D eigenvalue weighted by atomic mass is 10.1. The van der Waals surface area contributed by atoms with Crippen molar-refractivity contribution in [3.8, 4) is 0 Å². The lowest BCUT2D eigenvalue weighted by Crippen LogP contribution is -2.00. The van der Waals surface area contributed by atoms with E-state index in [1.165, 1.54) is 16.7 Å². The third-order valence-electron chi connectivity index (χ3n) is 2.99. The van der Waals surface area contributed by atoms with Crippen LogP contribution in [0.2, 0.25) is 0 Å². The number of nitrogens with zero attached hydrogens (tertiary/aromatic N) is 2. The Hall–Kier alpha value is -2.36. The van der Waals surface area contributed by atoms with Crippen molar-refractivity contribution in [2.75, 3.05) is 5.32 Å². The zero-order chi connectivity index (χ0) is 13.2. The number of benzene rings is 1. The van der Waals surface area contributed by atoms with Gasteiger partial charge >= 0.3 is 0 Å². The molecule has 0 amide bonds. The SMILES string of the molecule is Cc1cc(C)cc(CNc2noc3ncccc23)c1. The number of rotatable bonds is 3. The molecule has 0 radical (unpaired) electrons. The van der Waals surface area contributed by atoms with E-state index in [4.69, 9.17) is 4.52 Å². The van der Waals surface area contributed by atoms with Crippen molar-refractivity contribution in [2.24, 2.45) is 0 Å². The number of hydrogen-bond acceptors (Lipinski definition) is 4. The second-order valence-corrected chi connectivity index (χ2v) is 4.74. The average molecular weight is 253 g/mol. The predicted octanol–water partition coefficient (Wildman–Crippen LogP) is 3.45. The van der Waals surface area contributed by atoms with E-state index in [9.17, 15) is 0 Å². The summed E-state index contributed by atoms with van der Waals surface area (Å²) in [6, 6.07) is 10.3. The van der Waals surface area contributed by atoms with Gasteiger partial charge in [0.2, 0.25) is 0 Å². The van der Waals surface area contributed by atoms with Gasteiger partial charge in [-0.05, 0) is 31.5 Å².